The van der Waals surface area contributed by atoms with Crippen molar-refractivity contribution < 1.29 is 14.3 Å². The molecule has 2 aliphatic rings. The lowest BCUT2D eigenvalue weighted by Gasteiger charge is -2.13. The fourth-order valence-corrected chi connectivity index (χ4v) is 4.17. The Bertz CT molecular complexity index is 1160. The van der Waals surface area contributed by atoms with E-state index in [-0.39, 0.29) is 18.0 Å². The molecule has 2 aromatic heterocycles. The Morgan fingerprint density at radius 2 is 2.15 bits per heavy atom. The van der Waals surface area contributed by atoms with Gasteiger partial charge in [0.1, 0.15) is 11.6 Å². The highest BCUT2D eigenvalue weighted by atomic mass is 16.5. The zero-order valence-corrected chi connectivity index (χ0v) is 18.2. The zero-order valence-electron chi connectivity index (χ0n) is 18.2. The second kappa shape index (κ2) is 9.41. The molecule has 4 N–H and O–H groups in total. The summed E-state index contributed by atoms with van der Waals surface area (Å²) in [7, 11) is 0. The van der Waals surface area contributed by atoms with Crippen molar-refractivity contribution in [1.82, 2.24) is 20.3 Å². The van der Waals surface area contributed by atoms with Crippen LogP contribution in [0.25, 0.3) is 11.3 Å². The van der Waals surface area contributed by atoms with Crippen LogP contribution in [0.1, 0.15) is 34.3 Å². The van der Waals surface area contributed by atoms with Gasteiger partial charge in [0, 0.05) is 49.6 Å². The van der Waals surface area contributed by atoms with Gasteiger partial charge in [-0.1, -0.05) is 12.1 Å². The first-order valence-corrected chi connectivity index (χ1v) is 11.1. The number of nitrogens with two attached hydrogens (primary N) is 1. The Morgan fingerprint density at radius 1 is 1.21 bits per heavy atom. The maximum Gasteiger partial charge on any atom is 0.251 e. The molecule has 9 nitrogen and oxygen atoms in total. The first-order valence-electron chi connectivity index (χ1n) is 11.1. The third-order valence-electron chi connectivity index (χ3n) is 5.84. The molecule has 1 amide bonds. The molecule has 170 valence electrons. The fraction of sp³-hybridized carbons (Fsp3) is 0.333. The summed E-state index contributed by atoms with van der Waals surface area (Å²) in [5.41, 5.74) is 9.84. The minimum atomic E-state index is -0.0896. The van der Waals surface area contributed by atoms with Gasteiger partial charge in [-0.15, -0.1) is 0 Å². The summed E-state index contributed by atoms with van der Waals surface area (Å²) in [4.78, 5) is 25.4. The minimum absolute atomic E-state index is 0.0896. The van der Waals surface area contributed by atoms with Crippen LogP contribution in [0, 0.1) is 0 Å². The number of carbonyl (C=O) groups excluding carboxylic acids is 1. The van der Waals surface area contributed by atoms with Gasteiger partial charge in [-0.05, 0) is 36.6 Å². The van der Waals surface area contributed by atoms with Gasteiger partial charge >= 0.3 is 0 Å². The summed E-state index contributed by atoms with van der Waals surface area (Å²) in [6.07, 6.45) is 6.28. The van der Waals surface area contributed by atoms with Gasteiger partial charge in [-0.2, -0.15) is 0 Å². The first-order chi connectivity index (χ1) is 16.2. The van der Waals surface area contributed by atoms with Crippen molar-refractivity contribution in [2.45, 2.75) is 31.9 Å². The Morgan fingerprint density at radius 3 is 3.00 bits per heavy atom. The van der Waals surface area contributed by atoms with Crippen LogP contribution in [0.4, 0.5) is 11.8 Å². The zero-order chi connectivity index (χ0) is 22.6. The second-order valence-corrected chi connectivity index (χ2v) is 8.13. The van der Waals surface area contributed by atoms with Crippen LogP contribution in [0.15, 0.2) is 42.7 Å². The Hall–Kier alpha value is -3.72. The number of nitrogens with one attached hydrogen (secondary N) is 2. The number of anilines is 2. The van der Waals surface area contributed by atoms with Gasteiger partial charge < -0.3 is 25.8 Å². The normalized spacial score (nSPS) is 16.8. The topological polar surface area (TPSA) is 124 Å². The third kappa shape index (κ3) is 4.73. The van der Waals surface area contributed by atoms with Gasteiger partial charge in [-0.25, -0.2) is 15.0 Å². The molecule has 1 unspecified atom stereocenters. The Labute approximate surface area is 191 Å². The number of pyridine rings is 1. The molecule has 0 radical (unpaired) electrons. The number of nitrogen functional groups attached to an aromatic ring is 1. The number of carbonyl (C=O) groups is 1. The van der Waals surface area contributed by atoms with Crippen LogP contribution in [-0.2, 0) is 17.7 Å². The monoisotopic (exact) mass is 446 g/mol. The van der Waals surface area contributed by atoms with Crippen molar-refractivity contribution in [2.75, 3.05) is 30.8 Å². The molecular formula is C24H26N6O3. The van der Waals surface area contributed by atoms with Crippen molar-refractivity contribution in [3.05, 3.63) is 59.4 Å². The van der Waals surface area contributed by atoms with E-state index in [2.05, 4.69) is 25.6 Å². The molecule has 1 fully saturated rings. The molecule has 4 heterocycles. The summed E-state index contributed by atoms with van der Waals surface area (Å²) < 4.78 is 11.5. The summed E-state index contributed by atoms with van der Waals surface area (Å²) >= 11 is 0. The Balaban J connectivity index is 1.27. The first kappa shape index (κ1) is 21.1. The van der Waals surface area contributed by atoms with E-state index in [9.17, 15) is 4.79 Å². The van der Waals surface area contributed by atoms with Gasteiger partial charge in [0.15, 0.2) is 0 Å². The van der Waals surface area contributed by atoms with Crippen LogP contribution < -0.4 is 21.1 Å². The van der Waals surface area contributed by atoms with Crippen LogP contribution in [-0.4, -0.2) is 46.7 Å². The molecule has 33 heavy (non-hydrogen) atoms. The smallest absolute Gasteiger partial charge is 0.251 e. The predicted octanol–water partition coefficient (Wildman–Crippen LogP) is 2.58. The summed E-state index contributed by atoms with van der Waals surface area (Å²) in [6.45, 7) is 2.44. The molecule has 2 aliphatic heterocycles. The number of hydrogen-bond donors (Lipinski definition) is 3. The highest BCUT2D eigenvalue weighted by molar-refractivity contribution is 5.94. The lowest BCUT2D eigenvalue weighted by molar-refractivity contribution is 0.0857. The predicted molar refractivity (Wildman–Crippen MR) is 124 cm³/mol. The van der Waals surface area contributed by atoms with E-state index < -0.39 is 0 Å². The largest absolute Gasteiger partial charge is 0.492 e. The molecule has 1 atom stereocenters. The lowest BCUT2D eigenvalue weighted by atomic mass is 10.1. The van der Waals surface area contributed by atoms with Crippen molar-refractivity contribution in [2.24, 2.45) is 0 Å². The molecule has 1 saturated heterocycles. The SMILES string of the molecule is Nc1nccc(-c2cnc(NCc3cccc(C(=O)NCC4CCCO4)c3)c3c2OCC3)n1. The molecule has 0 aliphatic carbocycles. The number of ether oxygens (including phenoxy) is 2. The maximum atomic E-state index is 12.5. The third-order valence-corrected chi connectivity index (χ3v) is 5.84. The molecule has 0 spiro atoms. The van der Waals surface area contributed by atoms with E-state index in [4.69, 9.17) is 15.2 Å². The molecule has 1 aromatic carbocycles. The maximum absolute atomic E-state index is 12.5. The average molecular weight is 447 g/mol. The second-order valence-electron chi connectivity index (χ2n) is 8.13. The standard InChI is InChI=1S/C24H26N6O3/c25-24-26-8-6-20(30-24)19-14-28-22(18-7-10-33-21(18)19)27-12-15-3-1-4-16(11-15)23(31)29-13-17-5-2-9-32-17/h1,3-4,6,8,11,14,17H,2,5,7,9-10,12-13H2,(H,27,28)(H,29,31)(H2,25,26,30). The highest BCUT2D eigenvalue weighted by Crippen LogP contribution is 2.39. The minimum Gasteiger partial charge on any atom is -0.492 e. The number of hydrogen-bond acceptors (Lipinski definition) is 8. The van der Waals surface area contributed by atoms with E-state index in [0.717, 1.165) is 54.1 Å². The van der Waals surface area contributed by atoms with Gasteiger partial charge in [0.05, 0.1) is 24.0 Å². The van der Waals surface area contributed by atoms with Gasteiger partial charge in [0.2, 0.25) is 5.95 Å². The van der Waals surface area contributed by atoms with Crippen LogP contribution in [0.3, 0.4) is 0 Å². The summed E-state index contributed by atoms with van der Waals surface area (Å²) in [5, 5.41) is 6.36. The molecule has 0 saturated carbocycles. The number of amides is 1. The van der Waals surface area contributed by atoms with E-state index in [1.807, 2.05) is 24.3 Å². The van der Waals surface area contributed by atoms with Crippen molar-refractivity contribution in [3.63, 3.8) is 0 Å². The highest BCUT2D eigenvalue weighted by Gasteiger charge is 2.23. The lowest BCUT2D eigenvalue weighted by Crippen LogP contribution is -2.31. The molecule has 5 rings (SSSR count). The summed E-state index contributed by atoms with van der Waals surface area (Å²) in [6, 6.07) is 9.38. The Kier molecular flexibility index (Phi) is 6.03. The van der Waals surface area contributed by atoms with Crippen molar-refractivity contribution in [1.29, 1.82) is 0 Å². The number of fused-ring (bicyclic) bond motifs is 1. The quantitative estimate of drug-likeness (QED) is 0.506. The number of benzene rings is 1. The van der Waals surface area contributed by atoms with Crippen LogP contribution in [0.5, 0.6) is 5.75 Å². The van der Waals surface area contributed by atoms with Crippen LogP contribution in [0.2, 0.25) is 0 Å². The van der Waals surface area contributed by atoms with Crippen molar-refractivity contribution >= 4 is 17.7 Å². The van der Waals surface area contributed by atoms with Gasteiger partial charge in [-0.3, -0.25) is 4.79 Å². The van der Waals surface area contributed by atoms with E-state index in [1.165, 1.54) is 0 Å². The number of rotatable bonds is 7. The number of aromatic nitrogens is 3. The van der Waals surface area contributed by atoms with E-state index >= 15 is 0 Å². The van der Waals surface area contributed by atoms with Crippen molar-refractivity contribution in [3.8, 4) is 17.0 Å². The van der Waals surface area contributed by atoms with E-state index in [0.29, 0.717) is 31.0 Å². The summed E-state index contributed by atoms with van der Waals surface area (Å²) in [5.74, 6) is 1.66. The molecular weight excluding hydrogens is 420 g/mol. The van der Waals surface area contributed by atoms with Crippen LogP contribution >= 0.6 is 0 Å². The molecule has 9 heteroatoms. The fourth-order valence-electron chi connectivity index (χ4n) is 4.17. The van der Waals surface area contributed by atoms with E-state index in [1.54, 1.807) is 18.5 Å². The number of nitrogens with zero attached hydrogens (tertiary/aromatic N) is 3. The molecule has 0 bridgehead atoms. The average Bonchev–Trinajstić information content (AvgIpc) is 3.54. The van der Waals surface area contributed by atoms with Gasteiger partial charge in [0.25, 0.3) is 5.91 Å². The molecule has 3 aromatic rings.